The molecule has 0 heterocycles. The first kappa shape index (κ1) is 28.4. The van der Waals surface area contributed by atoms with E-state index in [4.69, 9.17) is 23.2 Å². The molecule has 0 saturated carbocycles. The standard InChI is InChI=1S/C27H23Cl2N3O5S2/c1-19-6-5-7-22(16-19)31-38(34,35)23-13-11-21(12-14-23)30-27(33)18-32(26-15-10-20(28)17-25(26)29)39(36,37)24-8-3-2-4-9-24/h2-17,31H,18H2,1H3,(H,30,33). The Bertz CT molecular complexity index is 1710. The number of rotatable bonds is 9. The summed E-state index contributed by atoms with van der Waals surface area (Å²) in [5.74, 6) is -0.672. The second kappa shape index (κ2) is 11.7. The smallest absolute Gasteiger partial charge is 0.264 e. The number of carbonyl (C=O) groups is 1. The van der Waals surface area contributed by atoms with Crippen LogP contribution in [0.4, 0.5) is 17.1 Å². The van der Waals surface area contributed by atoms with Crippen LogP contribution in [-0.4, -0.2) is 29.3 Å². The van der Waals surface area contributed by atoms with Crippen molar-refractivity contribution in [1.29, 1.82) is 0 Å². The maximum Gasteiger partial charge on any atom is 0.264 e. The minimum atomic E-state index is -4.18. The largest absolute Gasteiger partial charge is 0.325 e. The Labute approximate surface area is 237 Å². The summed E-state index contributed by atoms with van der Waals surface area (Å²) in [7, 11) is -8.04. The maximum atomic E-state index is 13.5. The zero-order chi connectivity index (χ0) is 28.2. The summed E-state index contributed by atoms with van der Waals surface area (Å²) in [4.78, 5) is 13.0. The normalized spacial score (nSPS) is 11.6. The first-order valence-electron chi connectivity index (χ1n) is 11.5. The number of amides is 1. The molecule has 0 aromatic heterocycles. The molecule has 2 N–H and O–H groups in total. The monoisotopic (exact) mass is 603 g/mol. The molecule has 0 saturated heterocycles. The van der Waals surface area contributed by atoms with Crippen molar-refractivity contribution >= 4 is 66.2 Å². The van der Waals surface area contributed by atoms with Gasteiger partial charge in [-0.25, -0.2) is 16.8 Å². The van der Waals surface area contributed by atoms with Gasteiger partial charge in [-0.1, -0.05) is 53.5 Å². The molecule has 0 aliphatic heterocycles. The van der Waals surface area contributed by atoms with Gasteiger partial charge < -0.3 is 5.32 Å². The molecule has 1 amide bonds. The molecule has 4 rings (SSSR count). The van der Waals surface area contributed by atoms with Crippen LogP contribution in [-0.2, 0) is 24.8 Å². The van der Waals surface area contributed by atoms with Gasteiger partial charge in [0.25, 0.3) is 20.0 Å². The van der Waals surface area contributed by atoms with Gasteiger partial charge in [-0.15, -0.1) is 0 Å². The Kier molecular flexibility index (Phi) is 8.51. The van der Waals surface area contributed by atoms with Crippen LogP contribution in [0.5, 0.6) is 0 Å². The Balaban J connectivity index is 1.55. The molecule has 39 heavy (non-hydrogen) atoms. The Hall–Kier alpha value is -3.57. The zero-order valence-electron chi connectivity index (χ0n) is 20.5. The molecular weight excluding hydrogens is 581 g/mol. The quantitative estimate of drug-likeness (QED) is 0.246. The van der Waals surface area contributed by atoms with E-state index in [1.807, 2.05) is 13.0 Å². The highest BCUT2D eigenvalue weighted by Gasteiger charge is 2.29. The lowest BCUT2D eigenvalue weighted by Crippen LogP contribution is -2.38. The van der Waals surface area contributed by atoms with E-state index >= 15 is 0 Å². The summed E-state index contributed by atoms with van der Waals surface area (Å²) in [5.41, 5.74) is 1.67. The van der Waals surface area contributed by atoms with Crippen LogP contribution < -0.4 is 14.3 Å². The molecule has 0 aliphatic carbocycles. The predicted molar refractivity (Wildman–Crippen MR) is 154 cm³/mol. The molecular formula is C27H23Cl2N3O5S2. The van der Waals surface area contributed by atoms with Crippen LogP contribution in [0.2, 0.25) is 10.0 Å². The van der Waals surface area contributed by atoms with Crippen LogP contribution in [0.1, 0.15) is 5.56 Å². The highest BCUT2D eigenvalue weighted by atomic mass is 35.5. The van der Waals surface area contributed by atoms with Gasteiger partial charge in [-0.3, -0.25) is 13.8 Å². The fraction of sp³-hybridized carbons (Fsp3) is 0.0741. The van der Waals surface area contributed by atoms with E-state index in [1.54, 1.807) is 36.4 Å². The number of anilines is 3. The van der Waals surface area contributed by atoms with Gasteiger partial charge in [0.15, 0.2) is 0 Å². The fourth-order valence-corrected chi connectivity index (χ4v) is 6.74. The highest BCUT2D eigenvalue weighted by molar-refractivity contribution is 7.93. The maximum absolute atomic E-state index is 13.5. The molecule has 0 bridgehead atoms. The van der Waals surface area contributed by atoms with Crippen LogP contribution in [0.25, 0.3) is 0 Å². The Morgan fingerprint density at radius 3 is 2.10 bits per heavy atom. The van der Waals surface area contributed by atoms with Crippen LogP contribution in [0.3, 0.4) is 0 Å². The predicted octanol–water partition coefficient (Wildman–Crippen LogP) is 5.94. The van der Waals surface area contributed by atoms with Crippen LogP contribution >= 0.6 is 23.2 Å². The van der Waals surface area contributed by atoms with Crippen molar-refractivity contribution in [3.8, 4) is 0 Å². The second-order valence-corrected chi connectivity index (χ2v) is 12.9. The number of hydrogen-bond donors (Lipinski definition) is 2. The van der Waals surface area contributed by atoms with E-state index in [0.717, 1.165) is 9.87 Å². The van der Waals surface area contributed by atoms with Crippen molar-refractivity contribution in [2.75, 3.05) is 20.9 Å². The summed E-state index contributed by atoms with van der Waals surface area (Å²) in [6, 6.07) is 24.3. The number of sulfonamides is 2. The molecule has 202 valence electrons. The summed E-state index contributed by atoms with van der Waals surface area (Å²) in [5, 5.41) is 2.95. The van der Waals surface area contributed by atoms with Gasteiger partial charge in [0.1, 0.15) is 6.54 Å². The Morgan fingerprint density at radius 1 is 0.769 bits per heavy atom. The van der Waals surface area contributed by atoms with Gasteiger partial charge in [-0.05, 0) is 79.2 Å². The highest BCUT2D eigenvalue weighted by Crippen LogP contribution is 2.32. The number of benzene rings is 4. The van der Waals surface area contributed by atoms with Crippen molar-refractivity contribution in [3.05, 3.63) is 113 Å². The first-order valence-corrected chi connectivity index (χ1v) is 15.2. The van der Waals surface area contributed by atoms with E-state index in [-0.39, 0.29) is 26.2 Å². The molecule has 4 aromatic rings. The number of nitrogens with zero attached hydrogens (tertiary/aromatic N) is 1. The van der Waals surface area contributed by atoms with Crippen LogP contribution in [0, 0.1) is 6.92 Å². The topological polar surface area (TPSA) is 113 Å². The second-order valence-electron chi connectivity index (χ2n) is 8.47. The SMILES string of the molecule is Cc1cccc(NS(=O)(=O)c2ccc(NC(=O)CN(c3ccc(Cl)cc3Cl)S(=O)(=O)c3ccccc3)cc2)c1. The zero-order valence-corrected chi connectivity index (χ0v) is 23.7. The average Bonchev–Trinajstić information content (AvgIpc) is 2.88. The molecule has 0 atom stereocenters. The van der Waals surface area contributed by atoms with Crippen LogP contribution in [0.15, 0.2) is 107 Å². The van der Waals surface area contributed by atoms with E-state index in [0.29, 0.717) is 10.7 Å². The summed E-state index contributed by atoms with van der Waals surface area (Å²) >= 11 is 12.3. The molecule has 0 spiro atoms. The number of carbonyl (C=O) groups excluding carboxylic acids is 1. The van der Waals surface area contributed by atoms with Gasteiger partial charge in [0, 0.05) is 16.4 Å². The van der Waals surface area contributed by atoms with E-state index in [9.17, 15) is 21.6 Å². The molecule has 0 aliphatic rings. The van der Waals surface area contributed by atoms with Gasteiger partial charge in [0.2, 0.25) is 5.91 Å². The number of aryl methyl sites for hydroxylation is 1. The molecule has 12 heteroatoms. The van der Waals surface area contributed by atoms with Crippen molar-refractivity contribution in [1.82, 2.24) is 0 Å². The molecule has 0 radical (unpaired) electrons. The van der Waals surface area contributed by atoms with Gasteiger partial charge >= 0.3 is 0 Å². The van der Waals surface area contributed by atoms with Crippen molar-refractivity contribution < 1.29 is 21.6 Å². The summed E-state index contributed by atoms with van der Waals surface area (Å²) in [6.45, 7) is 1.25. The lowest BCUT2D eigenvalue weighted by molar-refractivity contribution is -0.114. The molecule has 4 aromatic carbocycles. The third-order valence-corrected chi connectivity index (χ3v) is 9.22. The number of nitrogens with one attached hydrogen (secondary N) is 2. The lowest BCUT2D eigenvalue weighted by atomic mass is 10.2. The van der Waals surface area contributed by atoms with Gasteiger partial charge in [-0.2, -0.15) is 0 Å². The lowest BCUT2D eigenvalue weighted by Gasteiger charge is -2.25. The van der Waals surface area contributed by atoms with Crippen molar-refractivity contribution in [3.63, 3.8) is 0 Å². The molecule has 0 unspecified atom stereocenters. The Morgan fingerprint density at radius 2 is 1.46 bits per heavy atom. The third-order valence-electron chi connectivity index (χ3n) is 5.52. The minimum Gasteiger partial charge on any atom is -0.325 e. The van der Waals surface area contributed by atoms with E-state index < -0.39 is 32.5 Å². The molecule has 8 nitrogen and oxygen atoms in total. The van der Waals surface area contributed by atoms with E-state index in [2.05, 4.69) is 10.0 Å². The third kappa shape index (κ3) is 6.90. The van der Waals surface area contributed by atoms with Crippen molar-refractivity contribution in [2.45, 2.75) is 16.7 Å². The number of halogens is 2. The minimum absolute atomic E-state index is 0.0109. The summed E-state index contributed by atoms with van der Waals surface area (Å²) in [6.07, 6.45) is 0. The fourth-order valence-electron chi connectivity index (χ4n) is 3.67. The average molecular weight is 605 g/mol. The van der Waals surface area contributed by atoms with Crippen molar-refractivity contribution in [2.24, 2.45) is 0 Å². The molecule has 0 fully saturated rings. The number of hydrogen-bond acceptors (Lipinski definition) is 5. The first-order chi connectivity index (χ1) is 18.5. The summed E-state index contributed by atoms with van der Waals surface area (Å²) < 4.78 is 55.8. The van der Waals surface area contributed by atoms with E-state index in [1.165, 1.54) is 54.6 Å². The van der Waals surface area contributed by atoms with Gasteiger partial charge in [0.05, 0.1) is 20.5 Å².